The normalized spacial score (nSPS) is 19.0. The van der Waals surface area contributed by atoms with Crippen LogP contribution in [0, 0.1) is 0 Å². The van der Waals surface area contributed by atoms with Gasteiger partial charge in [0.05, 0.1) is 12.9 Å². The van der Waals surface area contributed by atoms with Crippen LogP contribution >= 0.6 is 11.8 Å². The first-order chi connectivity index (χ1) is 11.7. The van der Waals surface area contributed by atoms with Gasteiger partial charge in [0, 0.05) is 24.4 Å². The largest absolute Gasteiger partial charge is 0.468 e. The average molecular weight is 349 g/mol. The first-order valence-corrected chi connectivity index (χ1v) is 8.75. The third-order valence-electron chi connectivity index (χ3n) is 3.94. The Morgan fingerprint density at radius 3 is 3.04 bits per heavy atom. The smallest absolute Gasteiger partial charge is 0.315 e. The summed E-state index contributed by atoms with van der Waals surface area (Å²) in [5.74, 6) is 1.51. The van der Waals surface area contributed by atoms with Gasteiger partial charge in [0.2, 0.25) is 12.7 Å². The molecular formula is C17H19NO5S. The molecule has 0 bridgehead atoms. The van der Waals surface area contributed by atoms with Crippen molar-refractivity contribution >= 4 is 29.7 Å². The Bertz CT molecular complexity index is 660. The molecule has 0 saturated carbocycles. The van der Waals surface area contributed by atoms with Crippen molar-refractivity contribution in [3.05, 3.63) is 29.8 Å². The highest BCUT2D eigenvalue weighted by Gasteiger charge is 2.26. The molecule has 0 aromatic heterocycles. The van der Waals surface area contributed by atoms with Crippen molar-refractivity contribution < 1.29 is 23.8 Å². The lowest BCUT2D eigenvalue weighted by Crippen LogP contribution is -2.27. The Morgan fingerprint density at radius 2 is 2.21 bits per heavy atom. The second kappa shape index (κ2) is 7.61. The van der Waals surface area contributed by atoms with Crippen LogP contribution in [0.2, 0.25) is 0 Å². The van der Waals surface area contributed by atoms with Gasteiger partial charge in [-0.2, -0.15) is 0 Å². The molecule has 1 unspecified atom stereocenters. The summed E-state index contributed by atoms with van der Waals surface area (Å²) in [5.41, 5.74) is 0.892. The molecule has 2 heterocycles. The maximum absolute atomic E-state index is 12.3. The van der Waals surface area contributed by atoms with Crippen molar-refractivity contribution in [3.63, 3.8) is 0 Å². The van der Waals surface area contributed by atoms with Crippen LogP contribution in [0.3, 0.4) is 0 Å². The van der Waals surface area contributed by atoms with E-state index in [1.54, 1.807) is 28.8 Å². The highest BCUT2D eigenvalue weighted by Crippen LogP contribution is 2.32. The van der Waals surface area contributed by atoms with Crippen LogP contribution in [-0.4, -0.2) is 54.8 Å². The van der Waals surface area contributed by atoms with Gasteiger partial charge in [-0.3, -0.25) is 9.59 Å². The van der Waals surface area contributed by atoms with Crippen molar-refractivity contribution in [2.24, 2.45) is 0 Å². The van der Waals surface area contributed by atoms with E-state index in [0.717, 1.165) is 17.7 Å². The second-order valence-corrected chi connectivity index (χ2v) is 6.82. The number of carbonyl (C=O) groups excluding carboxylic acids is 2. The van der Waals surface area contributed by atoms with Crippen molar-refractivity contribution in [2.75, 3.05) is 32.7 Å². The maximum atomic E-state index is 12.3. The number of methoxy groups -OCH3 is 1. The number of benzene rings is 1. The van der Waals surface area contributed by atoms with Gasteiger partial charge in [-0.25, -0.2) is 0 Å². The zero-order valence-corrected chi connectivity index (χ0v) is 14.2. The predicted octanol–water partition coefficient (Wildman–Crippen LogP) is 1.94. The zero-order valence-electron chi connectivity index (χ0n) is 13.4. The molecule has 0 N–H and O–H groups in total. The number of amides is 1. The average Bonchev–Trinajstić information content (AvgIpc) is 3.26. The van der Waals surface area contributed by atoms with Gasteiger partial charge >= 0.3 is 5.97 Å². The zero-order chi connectivity index (χ0) is 16.9. The van der Waals surface area contributed by atoms with E-state index in [4.69, 9.17) is 9.47 Å². The number of rotatable bonds is 5. The number of hydrogen-bond donors (Lipinski definition) is 0. The number of ether oxygens (including phenoxy) is 3. The summed E-state index contributed by atoms with van der Waals surface area (Å²) in [6.45, 7) is 1.61. The van der Waals surface area contributed by atoms with E-state index < -0.39 is 0 Å². The van der Waals surface area contributed by atoms with Crippen LogP contribution in [0.25, 0.3) is 6.08 Å². The van der Waals surface area contributed by atoms with Gasteiger partial charge in [0.1, 0.15) is 0 Å². The summed E-state index contributed by atoms with van der Waals surface area (Å²) in [6.07, 6.45) is 4.25. The minimum atomic E-state index is -0.229. The molecule has 0 radical (unpaired) electrons. The minimum absolute atomic E-state index is 0.0196. The monoisotopic (exact) mass is 349 g/mol. The highest BCUT2D eigenvalue weighted by molar-refractivity contribution is 8.00. The Kier molecular flexibility index (Phi) is 5.30. The molecule has 2 aliphatic rings. The third-order valence-corrected chi connectivity index (χ3v) is 5.19. The van der Waals surface area contributed by atoms with Gasteiger partial charge in [0.15, 0.2) is 11.5 Å². The number of fused-ring (bicyclic) bond motifs is 1. The molecule has 1 aromatic rings. The number of likely N-dealkylation sites (tertiary alicyclic amines) is 1. The molecule has 3 rings (SSSR count). The van der Waals surface area contributed by atoms with Crippen molar-refractivity contribution in [3.8, 4) is 11.5 Å². The standard InChI is InChI=1S/C17H19NO5S/c1-21-17(20)10-24-13-6-7-18(9-13)16(19)5-3-12-2-4-14-15(8-12)23-11-22-14/h2-5,8,13H,6-7,9-11H2,1H3. The van der Waals surface area contributed by atoms with Crippen LogP contribution in [0.15, 0.2) is 24.3 Å². The van der Waals surface area contributed by atoms with Crippen molar-refractivity contribution in [1.29, 1.82) is 0 Å². The van der Waals surface area contributed by atoms with Gasteiger partial charge in [0.25, 0.3) is 0 Å². The van der Waals surface area contributed by atoms with Crippen LogP contribution < -0.4 is 9.47 Å². The van der Waals surface area contributed by atoms with Crippen LogP contribution in [0.5, 0.6) is 11.5 Å². The van der Waals surface area contributed by atoms with Crippen molar-refractivity contribution in [1.82, 2.24) is 4.90 Å². The lowest BCUT2D eigenvalue weighted by molar-refractivity contribution is -0.137. The Balaban J connectivity index is 1.51. The molecular weight excluding hydrogens is 330 g/mol. The molecule has 1 amide bonds. The Morgan fingerprint density at radius 1 is 1.38 bits per heavy atom. The highest BCUT2D eigenvalue weighted by atomic mass is 32.2. The van der Waals surface area contributed by atoms with Gasteiger partial charge in [-0.05, 0) is 30.2 Å². The summed E-state index contributed by atoms with van der Waals surface area (Å²) >= 11 is 1.54. The van der Waals surface area contributed by atoms with E-state index in [1.165, 1.54) is 7.11 Å². The maximum Gasteiger partial charge on any atom is 0.315 e. The lowest BCUT2D eigenvalue weighted by atomic mass is 10.2. The lowest BCUT2D eigenvalue weighted by Gasteiger charge is -2.14. The molecule has 0 spiro atoms. The molecule has 24 heavy (non-hydrogen) atoms. The number of hydrogen-bond acceptors (Lipinski definition) is 6. The second-order valence-electron chi connectivity index (χ2n) is 5.53. The minimum Gasteiger partial charge on any atom is -0.468 e. The van der Waals surface area contributed by atoms with E-state index in [1.807, 2.05) is 18.2 Å². The summed E-state index contributed by atoms with van der Waals surface area (Å²) < 4.78 is 15.2. The summed E-state index contributed by atoms with van der Waals surface area (Å²) in [5, 5.41) is 0.284. The third kappa shape index (κ3) is 4.03. The molecule has 1 aromatic carbocycles. The first kappa shape index (κ1) is 16.7. The van der Waals surface area contributed by atoms with E-state index in [-0.39, 0.29) is 23.9 Å². The molecule has 6 nitrogen and oxygen atoms in total. The van der Waals surface area contributed by atoms with Crippen LogP contribution in [-0.2, 0) is 14.3 Å². The summed E-state index contributed by atoms with van der Waals surface area (Å²) in [7, 11) is 1.38. The summed E-state index contributed by atoms with van der Waals surface area (Å²) in [6, 6.07) is 5.57. The number of esters is 1. The number of nitrogens with zero attached hydrogens (tertiary/aromatic N) is 1. The number of carbonyl (C=O) groups is 2. The van der Waals surface area contributed by atoms with Crippen LogP contribution in [0.1, 0.15) is 12.0 Å². The van der Waals surface area contributed by atoms with E-state index in [2.05, 4.69) is 4.74 Å². The van der Waals surface area contributed by atoms with E-state index in [0.29, 0.717) is 24.6 Å². The quantitative estimate of drug-likeness (QED) is 0.598. The van der Waals surface area contributed by atoms with E-state index >= 15 is 0 Å². The molecule has 7 heteroatoms. The fraction of sp³-hybridized carbons (Fsp3) is 0.412. The van der Waals surface area contributed by atoms with E-state index in [9.17, 15) is 9.59 Å². The molecule has 128 valence electrons. The molecule has 1 fully saturated rings. The fourth-order valence-electron chi connectivity index (χ4n) is 2.60. The fourth-order valence-corrected chi connectivity index (χ4v) is 3.65. The first-order valence-electron chi connectivity index (χ1n) is 7.71. The Hall–Kier alpha value is -2.15. The van der Waals surface area contributed by atoms with Crippen molar-refractivity contribution in [2.45, 2.75) is 11.7 Å². The predicted molar refractivity (Wildman–Crippen MR) is 91.1 cm³/mol. The molecule has 1 atom stereocenters. The molecule has 0 aliphatic carbocycles. The SMILES string of the molecule is COC(=O)CSC1CCN(C(=O)C=Cc2ccc3c(c2)OCO3)C1. The van der Waals surface area contributed by atoms with Gasteiger partial charge < -0.3 is 19.1 Å². The van der Waals surface area contributed by atoms with Gasteiger partial charge in [-0.15, -0.1) is 11.8 Å². The summed E-state index contributed by atoms with van der Waals surface area (Å²) in [4.78, 5) is 25.2. The molecule has 1 saturated heterocycles. The topological polar surface area (TPSA) is 65.1 Å². The number of thioether (sulfide) groups is 1. The van der Waals surface area contributed by atoms with Gasteiger partial charge in [-0.1, -0.05) is 6.07 Å². The Labute approximate surface area is 144 Å². The molecule has 2 aliphatic heterocycles. The van der Waals surface area contributed by atoms with Crippen LogP contribution in [0.4, 0.5) is 0 Å².